The predicted octanol–water partition coefficient (Wildman–Crippen LogP) is 3.51. The number of para-hydroxylation sites is 1. The van der Waals surface area contributed by atoms with E-state index in [2.05, 4.69) is 5.32 Å². The standard InChI is InChI=1S/C15H12F3NO2/c1-9(21-14-5-3-2-4-11(14)17)15(20)19-13-7-6-10(16)8-12(13)18/h2-9H,1H3,(H,19,20). The Hall–Kier alpha value is -2.50. The quantitative estimate of drug-likeness (QED) is 0.937. The van der Waals surface area contributed by atoms with E-state index >= 15 is 0 Å². The third-order valence-corrected chi connectivity index (χ3v) is 2.70. The lowest BCUT2D eigenvalue weighted by Gasteiger charge is -2.15. The molecule has 0 spiro atoms. The number of halogens is 3. The van der Waals surface area contributed by atoms with Crippen LogP contribution in [0.25, 0.3) is 0 Å². The van der Waals surface area contributed by atoms with E-state index in [0.717, 1.165) is 12.1 Å². The van der Waals surface area contributed by atoms with Crippen LogP contribution in [0.15, 0.2) is 42.5 Å². The van der Waals surface area contributed by atoms with Crippen molar-refractivity contribution >= 4 is 11.6 Å². The van der Waals surface area contributed by atoms with Gasteiger partial charge in [0.1, 0.15) is 11.6 Å². The topological polar surface area (TPSA) is 38.3 Å². The van der Waals surface area contributed by atoms with Crippen LogP contribution in [-0.4, -0.2) is 12.0 Å². The molecular formula is C15H12F3NO2. The number of nitrogens with one attached hydrogen (secondary N) is 1. The Morgan fingerprint density at radius 1 is 1.10 bits per heavy atom. The molecule has 2 aromatic carbocycles. The molecule has 6 heteroatoms. The zero-order valence-corrected chi connectivity index (χ0v) is 11.1. The van der Waals surface area contributed by atoms with Gasteiger partial charge in [0, 0.05) is 6.07 Å². The van der Waals surface area contributed by atoms with Gasteiger partial charge in [-0.25, -0.2) is 13.2 Å². The van der Waals surface area contributed by atoms with Crippen molar-refractivity contribution in [2.45, 2.75) is 13.0 Å². The van der Waals surface area contributed by atoms with Crippen molar-refractivity contribution in [2.24, 2.45) is 0 Å². The molecule has 1 atom stereocenters. The Kier molecular flexibility index (Phi) is 4.47. The smallest absolute Gasteiger partial charge is 0.265 e. The third-order valence-electron chi connectivity index (χ3n) is 2.70. The zero-order chi connectivity index (χ0) is 15.4. The fourth-order valence-electron chi connectivity index (χ4n) is 1.61. The van der Waals surface area contributed by atoms with E-state index in [0.29, 0.717) is 6.07 Å². The molecule has 2 rings (SSSR count). The fourth-order valence-corrected chi connectivity index (χ4v) is 1.61. The third kappa shape index (κ3) is 3.75. The lowest BCUT2D eigenvalue weighted by Crippen LogP contribution is -2.30. The van der Waals surface area contributed by atoms with Crippen LogP contribution in [0.2, 0.25) is 0 Å². The van der Waals surface area contributed by atoms with E-state index < -0.39 is 29.5 Å². The molecule has 0 aliphatic carbocycles. The van der Waals surface area contributed by atoms with Crippen molar-refractivity contribution < 1.29 is 22.7 Å². The number of carbonyl (C=O) groups is 1. The first-order valence-electron chi connectivity index (χ1n) is 6.14. The normalized spacial score (nSPS) is 11.8. The summed E-state index contributed by atoms with van der Waals surface area (Å²) in [6.45, 7) is 1.39. The van der Waals surface area contributed by atoms with E-state index in [1.165, 1.54) is 25.1 Å². The first kappa shape index (κ1) is 14.9. The number of anilines is 1. The minimum atomic E-state index is -1.05. The maximum atomic E-state index is 13.4. The monoisotopic (exact) mass is 295 g/mol. The molecule has 0 heterocycles. The van der Waals surface area contributed by atoms with Crippen molar-refractivity contribution in [2.75, 3.05) is 5.32 Å². The second-order valence-electron chi connectivity index (χ2n) is 4.30. The van der Waals surface area contributed by atoms with Gasteiger partial charge >= 0.3 is 0 Å². The summed E-state index contributed by atoms with van der Waals surface area (Å²) in [5, 5.41) is 2.25. The number of ether oxygens (including phenoxy) is 1. The second-order valence-corrected chi connectivity index (χ2v) is 4.30. The molecule has 0 saturated carbocycles. The number of hydrogen-bond donors (Lipinski definition) is 1. The highest BCUT2D eigenvalue weighted by molar-refractivity contribution is 5.94. The summed E-state index contributed by atoms with van der Waals surface area (Å²) >= 11 is 0. The Morgan fingerprint density at radius 2 is 1.81 bits per heavy atom. The van der Waals surface area contributed by atoms with Crippen LogP contribution in [0.4, 0.5) is 18.9 Å². The Morgan fingerprint density at radius 3 is 2.48 bits per heavy atom. The van der Waals surface area contributed by atoms with Crippen LogP contribution in [0, 0.1) is 17.5 Å². The molecule has 0 aromatic heterocycles. The van der Waals surface area contributed by atoms with Gasteiger partial charge in [-0.15, -0.1) is 0 Å². The molecule has 0 bridgehead atoms. The van der Waals surface area contributed by atoms with E-state index in [4.69, 9.17) is 4.74 Å². The summed E-state index contributed by atoms with van der Waals surface area (Å²) in [7, 11) is 0. The Balaban J connectivity index is 2.04. The number of carbonyl (C=O) groups excluding carboxylic acids is 1. The fraction of sp³-hybridized carbons (Fsp3) is 0.133. The average molecular weight is 295 g/mol. The zero-order valence-electron chi connectivity index (χ0n) is 11.1. The molecule has 3 nitrogen and oxygen atoms in total. The van der Waals surface area contributed by atoms with Crippen LogP contribution < -0.4 is 10.1 Å². The SMILES string of the molecule is CC(Oc1ccccc1F)C(=O)Nc1ccc(F)cc1F. The van der Waals surface area contributed by atoms with Gasteiger partial charge in [-0.1, -0.05) is 12.1 Å². The predicted molar refractivity (Wildman–Crippen MR) is 71.5 cm³/mol. The average Bonchev–Trinajstić information content (AvgIpc) is 2.44. The van der Waals surface area contributed by atoms with E-state index in [9.17, 15) is 18.0 Å². The highest BCUT2D eigenvalue weighted by Crippen LogP contribution is 2.19. The summed E-state index contributed by atoms with van der Waals surface area (Å²) in [6, 6.07) is 8.37. The lowest BCUT2D eigenvalue weighted by atomic mass is 10.2. The Labute approximate surface area is 119 Å². The maximum absolute atomic E-state index is 13.4. The second kappa shape index (κ2) is 6.30. The number of benzene rings is 2. The summed E-state index contributed by atoms with van der Waals surface area (Å²) in [6.07, 6.45) is -1.05. The van der Waals surface area contributed by atoms with Crippen LogP contribution >= 0.6 is 0 Å². The minimum Gasteiger partial charge on any atom is -0.478 e. The summed E-state index contributed by atoms with van der Waals surface area (Å²) in [4.78, 5) is 11.8. The molecule has 0 aliphatic rings. The van der Waals surface area contributed by atoms with Crippen molar-refractivity contribution in [3.8, 4) is 5.75 Å². The molecule has 0 aliphatic heterocycles. The van der Waals surface area contributed by atoms with Gasteiger partial charge in [0.05, 0.1) is 5.69 Å². The van der Waals surface area contributed by atoms with Crippen molar-refractivity contribution in [1.82, 2.24) is 0 Å². The van der Waals surface area contributed by atoms with Crippen molar-refractivity contribution in [1.29, 1.82) is 0 Å². The van der Waals surface area contributed by atoms with Gasteiger partial charge in [0.25, 0.3) is 5.91 Å². The summed E-state index contributed by atoms with van der Waals surface area (Å²) in [5.74, 6) is -3.02. The number of rotatable bonds is 4. The minimum absolute atomic E-state index is 0.0836. The van der Waals surface area contributed by atoms with Crippen LogP contribution in [-0.2, 0) is 4.79 Å². The first-order chi connectivity index (χ1) is 9.97. The molecule has 1 amide bonds. The highest BCUT2D eigenvalue weighted by Gasteiger charge is 2.18. The molecule has 21 heavy (non-hydrogen) atoms. The van der Waals surface area contributed by atoms with Gasteiger partial charge in [0.15, 0.2) is 17.7 Å². The van der Waals surface area contributed by atoms with Gasteiger partial charge in [0.2, 0.25) is 0 Å². The largest absolute Gasteiger partial charge is 0.478 e. The van der Waals surface area contributed by atoms with Gasteiger partial charge in [-0.2, -0.15) is 0 Å². The van der Waals surface area contributed by atoms with Crippen molar-refractivity contribution in [3.05, 3.63) is 59.9 Å². The molecule has 1 unspecified atom stereocenters. The molecule has 1 N–H and O–H groups in total. The molecule has 0 radical (unpaired) electrons. The van der Waals surface area contributed by atoms with Crippen molar-refractivity contribution in [3.63, 3.8) is 0 Å². The van der Waals surface area contributed by atoms with E-state index in [-0.39, 0.29) is 11.4 Å². The van der Waals surface area contributed by atoms with Gasteiger partial charge < -0.3 is 10.1 Å². The molecule has 0 saturated heterocycles. The summed E-state index contributed by atoms with van der Waals surface area (Å²) in [5.41, 5.74) is -0.176. The van der Waals surface area contributed by atoms with Crippen LogP contribution in [0.1, 0.15) is 6.92 Å². The number of hydrogen-bond acceptors (Lipinski definition) is 2. The lowest BCUT2D eigenvalue weighted by molar-refractivity contribution is -0.122. The van der Waals surface area contributed by atoms with Crippen LogP contribution in [0.5, 0.6) is 5.75 Å². The highest BCUT2D eigenvalue weighted by atomic mass is 19.1. The first-order valence-corrected chi connectivity index (χ1v) is 6.14. The van der Waals surface area contributed by atoms with E-state index in [1.54, 1.807) is 6.07 Å². The number of amides is 1. The maximum Gasteiger partial charge on any atom is 0.265 e. The van der Waals surface area contributed by atoms with Gasteiger partial charge in [-0.05, 0) is 31.2 Å². The molecular weight excluding hydrogens is 283 g/mol. The molecule has 2 aromatic rings. The molecule has 110 valence electrons. The molecule has 0 fully saturated rings. The Bertz CT molecular complexity index is 661. The van der Waals surface area contributed by atoms with Crippen LogP contribution in [0.3, 0.4) is 0 Å². The van der Waals surface area contributed by atoms with Gasteiger partial charge in [-0.3, -0.25) is 4.79 Å². The van der Waals surface area contributed by atoms with E-state index in [1.807, 2.05) is 0 Å². The summed E-state index contributed by atoms with van der Waals surface area (Å²) < 4.78 is 44.7.